The maximum Gasteiger partial charge on any atom is 0.260 e. The van der Waals surface area contributed by atoms with Gasteiger partial charge in [-0.15, -0.1) is 0 Å². The molecule has 0 unspecified atom stereocenters. The molecule has 0 bridgehead atoms. The lowest BCUT2D eigenvalue weighted by molar-refractivity contribution is 0.464. The van der Waals surface area contributed by atoms with Crippen LogP contribution in [0.2, 0.25) is 0 Å². The fourth-order valence-corrected chi connectivity index (χ4v) is 8.08. The number of benzene rings is 8. The quantitative estimate of drug-likeness (QED) is 0.146. The first-order chi connectivity index (χ1) is 23.7. The van der Waals surface area contributed by atoms with Crippen LogP contribution in [0.5, 0.6) is 23.0 Å². The van der Waals surface area contributed by atoms with Gasteiger partial charge in [-0.25, -0.2) is 0 Å². The number of para-hydroxylation sites is 2. The topological polar surface area (TPSA) is 18.5 Å². The van der Waals surface area contributed by atoms with E-state index in [0.717, 1.165) is 50.6 Å². The molecule has 0 radical (unpaired) electrons. The van der Waals surface area contributed by atoms with Gasteiger partial charge in [-0.3, -0.25) is 0 Å². The van der Waals surface area contributed by atoms with Gasteiger partial charge in [0.25, 0.3) is 6.71 Å². The average Bonchev–Trinajstić information content (AvgIpc) is 3.13. The van der Waals surface area contributed by atoms with Crippen molar-refractivity contribution in [2.45, 2.75) is 6.92 Å². The Morgan fingerprint density at radius 1 is 0.417 bits per heavy atom. The minimum atomic E-state index is 0.0169. The highest BCUT2D eigenvalue weighted by molar-refractivity contribution is 6.98. The van der Waals surface area contributed by atoms with Crippen LogP contribution in [0.1, 0.15) is 5.56 Å². The zero-order chi connectivity index (χ0) is 31.8. The van der Waals surface area contributed by atoms with Gasteiger partial charge in [-0.2, -0.15) is 0 Å². The zero-order valence-electron chi connectivity index (χ0n) is 26.4. The minimum Gasteiger partial charge on any atom is -0.458 e. The van der Waals surface area contributed by atoms with E-state index in [4.69, 9.17) is 9.47 Å². The molecule has 2 nitrogen and oxygen atoms in total. The van der Waals surface area contributed by atoms with Gasteiger partial charge in [0, 0.05) is 11.0 Å². The first-order valence-corrected chi connectivity index (χ1v) is 16.6. The molecule has 0 atom stereocenters. The third-order valence-corrected chi connectivity index (χ3v) is 10.0. The molecule has 0 amide bonds. The molecule has 2 aliphatic heterocycles. The maximum atomic E-state index is 6.97. The van der Waals surface area contributed by atoms with Crippen LogP contribution in [-0.2, 0) is 0 Å². The Hall–Kier alpha value is -6.06. The van der Waals surface area contributed by atoms with E-state index in [1.54, 1.807) is 0 Å². The van der Waals surface area contributed by atoms with E-state index in [1.807, 2.05) is 6.07 Å². The smallest absolute Gasteiger partial charge is 0.260 e. The normalized spacial score (nSPS) is 12.6. The molecular weight excluding hydrogens is 583 g/mol. The van der Waals surface area contributed by atoms with E-state index in [-0.39, 0.29) is 6.71 Å². The molecule has 0 saturated carbocycles. The number of fused-ring (bicyclic) bond motifs is 6. The summed E-state index contributed by atoms with van der Waals surface area (Å²) in [4.78, 5) is 0. The molecule has 2 heterocycles. The largest absolute Gasteiger partial charge is 0.458 e. The van der Waals surface area contributed by atoms with E-state index >= 15 is 0 Å². The SMILES string of the molecule is Cc1cc2c3c(c1)Oc1c(cccc1-c1ccccc1-c1c4ccccc4c(-c4ccccc4)c4ccccc14)B3c1ccccc1O2. The predicted octanol–water partition coefficient (Wildman–Crippen LogP) is 10.0. The van der Waals surface area contributed by atoms with E-state index < -0.39 is 0 Å². The molecule has 3 heteroatoms. The monoisotopic (exact) mass is 612 g/mol. The summed E-state index contributed by atoms with van der Waals surface area (Å²) in [5, 5.41) is 4.96. The number of aryl methyl sites for hydroxylation is 1. The van der Waals surface area contributed by atoms with Gasteiger partial charge >= 0.3 is 0 Å². The van der Waals surface area contributed by atoms with Crippen molar-refractivity contribution in [1.29, 1.82) is 0 Å². The van der Waals surface area contributed by atoms with Crippen LogP contribution in [0.15, 0.2) is 158 Å². The lowest BCUT2D eigenvalue weighted by atomic mass is 9.34. The standard InChI is InChI=1S/C45H29BO2/c1-28-26-40-44-41(27-28)48-45-36(22-13-24-38(45)46(44)37-23-11-12-25-39(37)47-40)30-16-5-6-17-31(30)43-34-20-9-7-18-32(34)42(29-14-3-2-4-15-29)33-19-8-10-21-35(33)43/h2-27H,1H3. The Kier molecular flexibility index (Phi) is 5.92. The summed E-state index contributed by atoms with van der Waals surface area (Å²) < 4.78 is 13.4. The van der Waals surface area contributed by atoms with Gasteiger partial charge in [0.05, 0.1) is 0 Å². The molecule has 0 aromatic heterocycles. The molecular formula is C45H29BO2. The lowest BCUT2D eigenvalue weighted by Gasteiger charge is -2.34. The Labute approximate surface area is 279 Å². The molecule has 2 aliphatic rings. The van der Waals surface area contributed by atoms with Crippen molar-refractivity contribution in [2.24, 2.45) is 0 Å². The number of rotatable bonds is 3. The first kappa shape index (κ1) is 27.1. The van der Waals surface area contributed by atoms with Crippen LogP contribution in [0.25, 0.3) is 54.9 Å². The second-order valence-corrected chi connectivity index (χ2v) is 12.8. The molecule has 48 heavy (non-hydrogen) atoms. The Bertz CT molecular complexity index is 2530. The van der Waals surface area contributed by atoms with Crippen LogP contribution in [0.4, 0.5) is 0 Å². The van der Waals surface area contributed by atoms with Gasteiger partial charge < -0.3 is 9.47 Å². The van der Waals surface area contributed by atoms with Crippen LogP contribution in [0, 0.1) is 6.92 Å². The van der Waals surface area contributed by atoms with E-state index in [2.05, 4.69) is 159 Å². The number of ether oxygens (including phenoxy) is 2. The van der Waals surface area contributed by atoms with Crippen LogP contribution in [-0.4, -0.2) is 6.71 Å². The summed E-state index contributed by atoms with van der Waals surface area (Å²) in [7, 11) is 0. The Morgan fingerprint density at radius 2 is 0.958 bits per heavy atom. The summed E-state index contributed by atoms with van der Waals surface area (Å²) in [5.41, 5.74) is 11.7. The van der Waals surface area contributed by atoms with Crippen LogP contribution < -0.4 is 25.9 Å². The van der Waals surface area contributed by atoms with Gasteiger partial charge in [0.1, 0.15) is 23.0 Å². The van der Waals surface area contributed by atoms with Gasteiger partial charge in [0.15, 0.2) is 0 Å². The van der Waals surface area contributed by atoms with Crippen LogP contribution >= 0.6 is 0 Å². The van der Waals surface area contributed by atoms with Crippen LogP contribution in [0.3, 0.4) is 0 Å². The van der Waals surface area contributed by atoms with Crippen molar-refractivity contribution in [2.75, 3.05) is 0 Å². The fourth-order valence-electron chi connectivity index (χ4n) is 8.08. The molecule has 10 rings (SSSR count). The maximum absolute atomic E-state index is 6.97. The van der Waals surface area contributed by atoms with Gasteiger partial charge in [-0.1, -0.05) is 140 Å². The highest BCUT2D eigenvalue weighted by Gasteiger charge is 2.41. The first-order valence-electron chi connectivity index (χ1n) is 16.6. The van der Waals surface area contributed by atoms with Crippen molar-refractivity contribution in [3.8, 4) is 56.4 Å². The molecule has 0 spiro atoms. The summed E-state index contributed by atoms with van der Waals surface area (Å²) in [6, 6.07) is 56.6. The van der Waals surface area contributed by atoms with Crippen molar-refractivity contribution in [3.63, 3.8) is 0 Å². The predicted molar refractivity (Wildman–Crippen MR) is 200 cm³/mol. The van der Waals surface area contributed by atoms with Crippen molar-refractivity contribution in [3.05, 3.63) is 163 Å². The summed E-state index contributed by atoms with van der Waals surface area (Å²) >= 11 is 0. The second kappa shape index (κ2) is 10.5. The minimum absolute atomic E-state index is 0.0169. The van der Waals surface area contributed by atoms with E-state index in [9.17, 15) is 0 Å². The van der Waals surface area contributed by atoms with Crippen molar-refractivity contribution >= 4 is 44.6 Å². The van der Waals surface area contributed by atoms with Gasteiger partial charge in [-0.05, 0) is 91.0 Å². The molecule has 8 aromatic rings. The molecule has 224 valence electrons. The highest BCUT2D eigenvalue weighted by Crippen LogP contribution is 2.48. The third-order valence-electron chi connectivity index (χ3n) is 10.0. The molecule has 0 aliphatic carbocycles. The average molecular weight is 613 g/mol. The second-order valence-electron chi connectivity index (χ2n) is 12.8. The molecule has 0 fully saturated rings. The third kappa shape index (κ3) is 3.94. The van der Waals surface area contributed by atoms with Crippen molar-refractivity contribution < 1.29 is 9.47 Å². The van der Waals surface area contributed by atoms with E-state index in [0.29, 0.717) is 0 Å². The Balaban J connectivity index is 1.25. The fraction of sp³-hybridized carbons (Fsp3) is 0.0222. The Morgan fingerprint density at radius 3 is 1.69 bits per heavy atom. The van der Waals surface area contributed by atoms with Gasteiger partial charge in [0.2, 0.25) is 0 Å². The van der Waals surface area contributed by atoms with Crippen molar-refractivity contribution in [1.82, 2.24) is 0 Å². The summed E-state index contributed by atoms with van der Waals surface area (Å²) in [5.74, 6) is 3.55. The molecule has 0 N–H and O–H groups in total. The number of hydrogen-bond acceptors (Lipinski definition) is 2. The summed E-state index contributed by atoms with van der Waals surface area (Å²) in [6.07, 6.45) is 0. The lowest BCUT2D eigenvalue weighted by Crippen LogP contribution is -2.57. The number of hydrogen-bond donors (Lipinski definition) is 0. The highest BCUT2D eigenvalue weighted by atomic mass is 16.5. The molecule has 8 aromatic carbocycles. The summed E-state index contributed by atoms with van der Waals surface area (Å²) in [6.45, 7) is 2.12. The van der Waals surface area contributed by atoms with E-state index in [1.165, 1.54) is 49.3 Å². The molecule has 0 saturated heterocycles. The zero-order valence-corrected chi connectivity index (χ0v) is 26.4.